The molecule has 0 bridgehead atoms. The molecule has 0 aliphatic rings. The van der Waals surface area contributed by atoms with Crippen LogP contribution in [0, 0.1) is 5.82 Å². The summed E-state index contributed by atoms with van der Waals surface area (Å²) in [6.07, 6.45) is 0. The zero-order valence-corrected chi connectivity index (χ0v) is 10.8. The van der Waals surface area contributed by atoms with Crippen LogP contribution >= 0.6 is 11.6 Å². The van der Waals surface area contributed by atoms with Gasteiger partial charge in [-0.15, -0.1) is 10.2 Å². The van der Waals surface area contributed by atoms with Crippen LogP contribution in [0.5, 0.6) is 0 Å². The van der Waals surface area contributed by atoms with Crippen molar-refractivity contribution in [2.24, 2.45) is 0 Å². The molecular formula is C12H13ClFN3O. The molecule has 0 fully saturated rings. The van der Waals surface area contributed by atoms with Crippen molar-refractivity contribution in [3.63, 3.8) is 0 Å². The van der Waals surface area contributed by atoms with Gasteiger partial charge in [0.15, 0.2) is 0 Å². The Morgan fingerprint density at radius 2 is 2.22 bits per heavy atom. The van der Waals surface area contributed by atoms with Gasteiger partial charge in [0.05, 0.1) is 11.1 Å². The van der Waals surface area contributed by atoms with Crippen molar-refractivity contribution in [1.82, 2.24) is 15.5 Å². The number of rotatable bonds is 4. The highest BCUT2D eigenvalue weighted by Gasteiger charge is 2.14. The standard InChI is InChI=1S/C12H13ClFN3O/c1-3-15-7(2)11-16-17-12(18-11)8-4-5-9(13)10(14)6-8/h4-7,15H,3H2,1-2H3. The van der Waals surface area contributed by atoms with Gasteiger partial charge in [0, 0.05) is 5.56 Å². The fraction of sp³-hybridized carbons (Fsp3) is 0.333. The molecule has 1 N–H and O–H groups in total. The Morgan fingerprint density at radius 1 is 1.44 bits per heavy atom. The van der Waals surface area contributed by atoms with Crippen molar-refractivity contribution < 1.29 is 8.81 Å². The minimum Gasteiger partial charge on any atom is -0.419 e. The summed E-state index contributed by atoms with van der Waals surface area (Å²) in [4.78, 5) is 0. The van der Waals surface area contributed by atoms with Crippen LogP contribution < -0.4 is 5.32 Å². The summed E-state index contributed by atoms with van der Waals surface area (Å²) < 4.78 is 18.8. The molecule has 0 saturated heterocycles. The van der Waals surface area contributed by atoms with Gasteiger partial charge < -0.3 is 9.73 Å². The summed E-state index contributed by atoms with van der Waals surface area (Å²) in [6, 6.07) is 4.34. The zero-order valence-electron chi connectivity index (χ0n) is 10.1. The van der Waals surface area contributed by atoms with E-state index in [4.69, 9.17) is 16.0 Å². The minimum atomic E-state index is -0.506. The van der Waals surface area contributed by atoms with Crippen molar-refractivity contribution in [2.75, 3.05) is 6.54 Å². The molecule has 0 amide bonds. The van der Waals surface area contributed by atoms with Gasteiger partial charge >= 0.3 is 0 Å². The predicted molar refractivity (Wildman–Crippen MR) is 66.8 cm³/mol. The third-order valence-electron chi connectivity index (χ3n) is 2.49. The Labute approximate surface area is 109 Å². The Morgan fingerprint density at radius 3 is 2.89 bits per heavy atom. The van der Waals surface area contributed by atoms with E-state index in [1.807, 2.05) is 13.8 Å². The molecule has 1 aromatic heterocycles. The molecule has 1 unspecified atom stereocenters. The predicted octanol–water partition coefficient (Wildman–Crippen LogP) is 3.20. The smallest absolute Gasteiger partial charge is 0.247 e. The molecule has 96 valence electrons. The van der Waals surface area contributed by atoms with Gasteiger partial charge in [-0.2, -0.15) is 0 Å². The van der Waals surface area contributed by atoms with E-state index in [-0.39, 0.29) is 17.0 Å². The van der Waals surface area contributed by atoms with Crippen LogP contribution in [0.15, 0.2) is 22.6 Å². The molecule has 4 nitrogen and oxygen atoms in total. The second-order valence-electron chi connectivity index (χ2n) is 3.85. The monoisotopic (exact) mass is 269 g/mol. The maximum Gasteiger partial charge on any atom is 0.247 e. The van der Waals surface area contributed by atoms with Crippen LogP contribution in [0.25, 0.3) is 11.5 Å². The highest BCUT2D eigenvalue weighted by Crippen LogP contribution is 2.24. The molecule has 0 saturated carbocycles. The molecule has 1 atom stereocenters. The molecule has 18 heavy (non-hydrogen) atoms. The van der Waals surface area contributed by atoms with Gasteiger partial charge in [0.2, 0.25) is 11.8 Å². The Bertz CT molecular complexity index is 544. The highest BCUT2D eigenvalue weighted by atomic mass is 35.5. The van der Waals surface area contributed by atoms with Crippen LogP contribution in [-0.4, -0.2) is 16.7 Å². The average molecular weight is 270 g/mol. The van der Waals surface area contributed by atoms with E-state index in [1.54, 1.807) is 6.07 Å². The largest absolute Gasteiger partial charge is 0.419 e. The van der Waals surface area contributed by atoms with E-state index in [2.05, 4.69) is 15.5 Å². The molecule has 6 heteroatoms. The number of nitrogens with one attached hydrogen (secondary N) is 1. The van der Waals surface area contributed by atoms with Gasteiger partial charge in [-0.1, -0.05) is 18.5 Å². The number of aromatic nitrogens is 2. The van der Waals surface area contributed by atoms with Gasteiger partial charge in [0.1, 0.15) is 5.82 Å². The number of halogens is 2. The number of nitrogens with zero attached hydrogens (tertiary/aromatic N) is 2. The molecule has 2 aromatic rings. The zero-order chi connectivity index (χ0) is 13.1. The fourth-order valence-electron chi connectivity index (χ4n) is 1.55. The summed E-state index contributed by atoms with van der Waals surface area (Å²) in [6.45, 7) is 4.71. The summed E-state index contributed by atoms with van der Waals surface area (Å²) in [5, 5.41) is 11.0. The van der Waals surface area contributed by atoms with E-state index < -0.39 is 5.82 Å². The van der Waals surface area contributed by atoms with Gasteiger partial charge in [0.25, 0.3) is 0 Å². The first kappa shape index (κ1) is 13.0. The summed E-state index contributed by atoms with van der Waals surface area (Å²) in [7, 11) is 0. The second-order valence-corrected chi connectivity index (χ2v) is 4.26. The summed E-state index contributed by atoms with van der Waals surface area (Å²) in [5.74, 6) is 0.251. The molecule has 2 rings (SSSR count). The number of hydrogen-bond acceptors (Lipinski definition) is 4. The number of hydrogen-bond donors (Lipinski definition) is 1. The van der Waals surface area contributed by atoms with Crippen LogP contribution in [0.3, 0.4) is 0 Å². The molecule has 0 aliphatic carbocycles. The SMILES string of the molecule is CCNC(C)c1nnc(-c2ccc(Cl)c(F)c2)o1. The summed E-state index contributed by atoms with van der Waals surface area (Å²) >= 11 is 5.61. The van der Waals surface area contributed by atoms with Crippen LogP contribution in [0.1, 0.15) is 25.8 Å². The minimum absolute atomic E-state index is 0.0339. The normalized spacial score (nSPS) is 12.7. The maximum absolute atomic E-state index is 13.3. The van der Waals surface area contributed by atoms with Gasteiger partial charge in [-0.05, 0) is 31.7 Å². The van der Waals surface area contributed by atoms with Crippen molar-refractivity contribution >= 4 is 11.6 Å². The first-order chi connectivity index (χ1) is 8.61. The van der Waals surface area contributed by atoms with E-state index >= 15 is 0 Å². The lowest BCUT2D eigenvalue weighted by molar-refractivity contribution is 0.429. The maximum atomic E-state index is 13.3. The molecule has 1 aromatic carbocycles. The van der Waals surface area contributed by atoms with Gasteiger partial charge in [-0.25, -0.2) is 4.39 Å². The average Bonchev–Trinajstić information content (AvgIpc) is 2.82. The van der Waals surface area contributed by atoms with Crippen molar-refractivity contribution in [2.45, 2.75) is 19.9 Å². The van der Waals surface area contributed by atoms with Crippen molar-refractivity contribution in [3.05, 3.63) is 34.9 Å². The molecule has 0 spiro atoms. The highest BCUT2D eigenvalue weighted by molar-refractivity contribution is 6.30. The van der Waals surface area contributed by atoms with Crippen LogP contribution in [0.4, 0.5) is 4.39 Å². The number of benzene rings is 1. The molecule has 0 radical (unpaired) electrons. The quantitative estimate of drug-likeness (QED) is 0.926. The topological polar surface area (TPSA) is 51.0 Å². The van der Waals surface area contributed by atoms with Crippen LogP contribution in [0.2, 0.25) is 5.02 Å². The van der Waals surface area contributed by atoms with E-state index in [9.17, 15) is 4.39 Å². The first-order valence-corrected chi connectivity index (χ1v) is 6.01. The summed E-state index contributed by atoms with van der Waals surface area (Å²) in [5.41, 5.74) is 0.513. The lowest BCUT2D eigenvalue weighted by atomic mass is 10.2. The Balaban J connectivity index is 2.26. The Kier molecular flexibility index (Phi) is 3.93. The second kappa shape index (κ2) is 5.46. The molecular weight excluding hydrogens is 257 g/mol. The van der Waals surface area contributed by atoms with E-state index in [1.165, 1.54) is 12.1 Å². The molecule has 0 aliphatic heterocycles. The third-order valence-corrected chi connectivity index (χ3v) is 2.79. The third kappa shape index (κ3) is 2.68. The van der Waals surface area contributed by atoms with E-state index in [0.29, 0.717) is 11.5 Å². The molecule has 1 heterocycles. The van der Waals surface area contributed by atoms with Crippen LogP contribution in [-0.2, 0) is 0 Å². The lowest BCUT2D eigenvalue weighted by Gasteiger charge is -2.05. The van der Waals surface area contributed by atoms with Crippen molar-refractivity contribution in [3.8, 4) is 11.5 Å². The lowest BCUT2D eigenvalue weighted by Crippen LogP contribution is -2.17. The van der Waals surface area contributed by atoms with E-state index in [0.717, 1.165) is 6.54 Å². The first-order valence-electron chi connectivity index (χ1n) is 5.64. The van der Waals surface area contributed by atoms with Crippen molar-refractivity contribution in [1.29, 1.82) is 0 Å². The fourth-order valence-corrected chi connectivity index (χ4v) is 1.67. The van der Waals surface area contributed by atoms with Gasteiger partial charge in [-0.3, -0.25) is 0 Å². The Hall–Kier alpha value is -1.46.